The highest BCUT2D eigenvalue weighted by atomic mass is 32.1. The van der Waals surface area contributed by atoms with Crippen LogP contribution in [0.4, 0.5) is 5.69 Å². The van der Waals surface area contributed by atoms with Crippen LogP contribution in [-0.4, -0.2) is 10.5 Å². The van der Waals surface area contributed by atoms with Crippen LogP contribution < -0.4 is 14.9 Å². The third kappa shape index (κ3) is 5.10. The molecule has 0 unspecified atom stereocenters. The molecule has 0 fully saturated rings. The van der Waals surface area contributed by atoms with Crippen molar-refractivity contribution in [3.8, 4) is 11.5 Å². The van der Waals surface area contributed by atoms with Crippen LogP contribution in [-0.2, 0) is 13.0 Å². The molecule has 3 aromatic carbocycles. The Morgan fingerprint density at radius 2 is 1.61 bits per heavy atom. The number of ether oxygens (including phenoxy) is 1. The van der Waals surface area contributed by atoms with E-state index in [1.165, 1.54) is 0 Å². The highest BCUT2D eigenvalue weighted by Crippen LogP contribution is 2.24. The Kier molecular flexibility index (Phi) is 6.29. The van der Waals surface area contributed by atoms with Gasteiger partial charge in [-0.25, -0.2) is 0 Å². The molecule has 0 radical (unpaired) electrons. The first kappa shape index (κ1) is 20.6. The Morgan fingerprint density at radius 1 is 0.935 bits per heavy atom. The summed E-state index contributed by atoms with van der Waals surface area (Å²) < 4.78 is 7.49. The van der Waals surface area contributed by atoms with E-state index in [0.29, 0.717) is 28.6 Å². The summed E-state index contributed by atoms with van der Waals surface area (Å²) in [5.74, 6) is 1.04. The fourth-order valence-electron chi connectivity index (χ4n) is 3.28. The summed E-state index contributed by atoms with van der Waals surface area (Å²) in [7, 11) is 0. The summed E-state index contributed by atoms with van der Waals surface area (Å²) in [6.07, 6.45) is 0.734. The molecule has 1 aromatic heterocycles. The fraction of sp³-hybridized carbons (Fsp3) is 0.120. The second-order valence-electron chi connectivity index (χ2n) is 7.07. The number of hydrogen-bond donors (Lipinski definition) is 1. The lowest BCUT2D eigenvalue weighted by atomic mass is 10.1. The maximum atomic E-state index is 12.9. The number of carbonyl (C=O) groups is 1. The van der Waals surface area contributed by atoms with Crippen molar-refractivity contribution in [3.63, 3.8) is 0 Å². The van der Waals surface area contributed by atoms with Gasteiger partial charge >= 0.3 is 4.87 Å². The molecule has 31 heavy (non-hydrogen) atoms. The van der Waals surface area contributed by atoms with Crippen LogP contribution in [0.3, 0.4) is 0 Å². The molecule has 0 saturated heterocycles. The van der Waals surface area contributed by atoms with Gasteiger partial charge in [-0.05, 0) is 43.2 Å². The number of carbonyl (C=O) groups excluding carboxylic acids is 1. The van der Waals surface area contributed by atoms with E-state index < -0.39 is 0 Å². The number of para-hydroxylation sites is 1. The molecular weight excluding hydrogens is 408 g/mol. The number of nitrogens with one attached hydrogen (secondary N) is 1. The normalized spacial score (nSPS) is 10.6. The number of aromatic nitrogens is 1. The molecule has 0 bridgehead atoms. The van der Waals surface area contributed by atoms with Gasteiger partial charge in [-0.15, -0.1) is 0 Å². The Balaban J connectivity index is 1.46. The van der Waals surface area contributed by atoms with Crippen molar-refractivity contribution in [3.05, 3.63) is 111 Å². The van der Waals surface area contributed by atoms with E-state index >= 15 is 0 Å². The fourth-order valence-corrected chi connectivity index (χ4v) is 4.20. The summed E-state index contributed by atoms with van der Waals surface area (Å²) in [5.41, 5.74) is 2.44. The number of amides is 1. The van der Waals surface area contributed by atoms with Gasteiger partial charge in [0.15, 0.2) is 0 Å². The van der Waals surface area contributed by atoms with E-state index in [4.69, 9.17) is 4.74 Å². The molecule has 1 amide bonds. The summed E-state index contributed by atoms with van der Waals surface area (Å²) in [5, 5.41) is 2.88. The Morgan fingerprint density at radius 3 is 2.35 bits per heavy atom. The number of thiazole rings is 1. The molecule has 156 valence electrons. The molecule has 0 atom stereocenters. The SMILES string of the molecule is Cc1c(C(=O)Nc2cccc(Oc3ccccc3)c2)sc(=O)n1CCc1ccccc1. The van der Waals surface area contributed by atoms with E-state index in [1.54, 1.807) is 16.7 Å². The molecule has 5 nitrogen and oxygen atoms in total. The van der Waals surface area contributed by atoms with E-state index in [0.717, 1.165) is 29.1 Å². The van der Waals surface area contributed by atoms with Crippen LogP contribution >= 0.6 is 11.3 Å². The van der Waals surface area contributed by atoms with Crippen LogP contribution in [0.1, 0.15) is 20.9 Å². The first-order chi connectivity index (χ1) is 15.1. The standard InChI is InChI=1S/C25H22N2O3S/c1-18-23(31-25(29)27(18)16-15-19-9-4-2-5-10-19)24(28)26-20-11-8-14-22(17-20)30-21-12-6-3-7-13-21/h2-14,17H,15-16H2,1H3,(H,26,28). The number of nitrogens with zero attached hydrogens (tertiary/aromatic N) is 1. The summed E-state index contributed by atoms with van der Waals surface area (Å²) in [6.45, 7) is 2.35. The van der Waals surface area contributed by atoms with Crippen LogP contribution in [0, 0.1) is 6.92 Å². The lowest BCUT2D eigenvalue weighted by Crippen LogP contribution is -2.17. The van der Waals surface area contributed by atoms with Crippen LogP contribution in [0.2, 0.25) is 0 Å². The highest BCUT2D eigenvalue weighted by Gasteiger charge is 2.18. The van der Waals surface area contributed by atoms with Crippen LogP contribution in [0.15, 0.2) is 89.7 Å². The zero-order valence-electron chi connectivity index (χ0n) is 17.1. The molecule has 1 heterocycles. The lowest BCUT2D eigenvalue weighted by molar-refractivity contribution is 0.102. The van der Waals surface area contributed by atoms with Gasteiger partial charge in [0.05, 0.1) is 0 Å². The molecule has 6 heteroatoms. The second-order valence-corrected chi connectivity index (χ2v) is 8.03. The molecular formula is C25H22N2O3S. The number of hydrogen-bond acceptors (Lipinski definition) is 4. The highest BCUT2D eigenvalue weighted by molar-refractivity contribution is 7.11. The van der Waals surface area contributed by atoms with Gasteiger partial charge in [0.25, 0.3) is 5.91 Å². The van der Waals surface area contributed by atoms with E-state index in [1.807, 2.05) is 79.7 Å². The van der Waals surface area contributed by atoms with Crippen LogP contribution in [0.5, 0.6) is 11.5 Å². The molecule has 4 rings (SSSR count). The molecule has 4 aromatic rings. The topological polar surface area (TPSA) is 60.3 Å². The van der Waals surface area contributed by atoms with Gasteiger partial charge in [-0.2, -0.15) is 0 Å². The lowest BCUT2D eigenvalue weighted by Gasteiger charge is -2.09. The van der Waals surface area contributed by atoms with E-state index in [-0.39, 0.29) is 10.8 Å². The molecule has 0 aliphatic heterocycles. The zero-order valence-corrected chi connectivity index (χ0v) is 17.9. The number of aryl methyl sites for hydroxylation is 1. The molecule has 0 spiro atoms. The van der Waals surface area contributed by atoms with E-state index in [9.17, 15) is 9.59 Å². The van der Waals surface area contributed by atoms with Crippen molar-refractivity contribution in [2.75, 3.05) is 5.32 Å². The van der Waals surface area contributed by atoms with Gasteiger partial charge < -0.3 is 14.6 Å². The van der Waals surface area contributed by atoms with Gasteiger partial charge in [-0.1, -0.05) is 65.9 Å². The average molecular weight is 431 g/mol. The quantitative estimate of drug-likeness (QED) is 0.421. The number of anilines is 1. The monoisotopic (exact) mass is 430 g/mol. The third-order valence-electron chi connectivity index (χ3n) is 4.89. The smallest absolute Gasteiger partial charge is 0.308 e. The summed E-state index contributed by atoms with van der Waals surface area (Å²) in [4.78, 5) is 25.6. The minimum Gasteiger partial charge on any atom is -0.457 e. The maximum absolute atomic E-state index is 12.9. The minimum atomic E-state index is -0.296. The van der Waals surface area contributed by atoms with Gasteiger partial charge in [0, 0.05) is 24.0 Å². The minimum absolute atomic E-state index is 0.125. The second kappa shape index (κ2) is 9.45. The first-order valence-corrected chi connectivity index (χ1v) is 10.8. The third-order valence-corrected chi connectivity index (χ3v) is 5.97. The van der Waals surface area contributed by atoms with Crippen molar-refractivity contribution >= 4 is 22.9 Å². The Bertz CT molecular complexity index is 1230. The van der Waals surface area contributed by atoms with Crippen LogP contribution in [0.25, 0.3) is 0 Å². The molecule has 1 N–H and O–H groups in total. The van der Waals surface area contributed by atoms with Crippen molar-refractivity contribution in [1.29, 1.82) is 0 Å². The zero-order chi connectivity index (χ0) is 21.6. The van der Waals surface area contributed by atoms with Gasteiger partial charge in [0.2, 0.25) is 0 Å². The van der Waals surface area contributed by atoms with Crippen molar-refractivity contribution in [1.82, 2.24) is 4.57 Å². The molecule has 0 aliphatic carbocycles. The largest absolute Gasteiger partial charge is 0.457 e. The molecule has 0 aliphatic rings. The van der Waals surface area contributed by atoms with E-state index in [2.05, 4.69) is 5.32 Å². The van der Waals surface area contributed by atoms with Gasteiger partial charge in [0.1, 0.15) is 16.4 Å². The average Bonchev–Trinajstić information content (AvgIpc) is 3.07. The van der Waals surface area contributed by atoms with Gasteiger partial charge in [-0.3, -0.25) is 9.59 Å². The molecule has 0 saturated carbocycles. The number of rotatable bonds is 7. The Hall–Kier alpha value is -3.64. The predicted octanol–water partition coefficient (Wildman–Crippen LogP) is 5.51. The maximum Gasteiger partial charge on any atom is 0.308 e. The predicted molar refractivity (Wildman–Crippen MR) is 124 cm³/mol. The van der Waals surface area contributed by atoms with Crippen molar-refractivity contribution < 1.29 is 9.53 Å². The van der Waals surface area contributed by atoms with Crippen molar-refractivity contribution in [2.45, 2.75) is 19.9 Å². The number of benzene rings is 3. The Labute approximate surface area is 184 Å². The van der Waals surface area contributed by atoms with Crippen molar-refractivity contribution in [2.24, 2.45) is 0 Å². The summed E-state index contributed by atoms with van der Waals surface area (Å²) >= 11 is 0.974. The first-order valence-electron chi connectivity index (χ1n) is 9.98. The summed E-state index contributed by atoms with van der Waals surface area (Å²) in [6, 6.07) is 26.6.